The van der Waals surface area contributed by atoms with Crippen LogP contribution in [0.4, 0.5) is 0 Å². The number of nitrogens with one attached hydrogen (secondary N) is 2. The molecule has 1 aliphatic heterocycles. The highest BCUT2D eigenvalue weighted by molar-refractivity contribution is 7.89. The van der Waals surface area contributed by atoms with Crippen LogP contribution in [-0.4, -0.2) is 58.6 Å². The zero-order chi connectivity index (χ0) is 20.7. The maximum atomic E-state index is 12.3. The zero-order valence-electron chi connectivity index (χ0n) is 15.8. The molecule has 1 amide bonds. The van der Waals surface area contributed by atoms with Crippen LogP contribution in [-0.2, 0) is 19.6 Å². The lowest BCUT2D eigenvalue weighted by molar-refractivity contribution is -0.121. The molecule has 3 rings (SSSR count). The number of nitrogens with zero attached hydrogens (tertiary/aromatic N) is 1. The molecule has 0 radical (unpaired) electrons. The van der Waals surface area contributed by atoms with E-state index in [0.717, 1.165) is 13.1 Å². The summed E-state index contributed by atoms with van der Waals surface area (Å²) in [7, 11) is -3.67. The fraction of sp³-hybridized carbons (Fsp3) is 0.421. The van der Waals surface area contributed by atoms with E-state index in [1.54, 1.807) is 11.3 Å². The molecule has 0 spiro atoms. The van der Waals surface area contributed by atoms with Gasteiger partial charge in [-0.2, -0.15) is 0 Å². The molecule has 2 aromatic rings. The Kier molecular flexibility index (Phi) is 8.05. The van der Waals surface area contributed by atoms with Crippen LogP contribution < -0.4 is 10.0 Å². The van der Waals surface area contributed by atoms with Gasteiger partial charge in [-0.1, -0.05) is 17.7 Å². The number of carbonyl (C=O) groups excluding carboxylic acids is 1. The van der Waals surface area contributed by atoms with Gasteiger partial charge in [-0.25, -0.2) is 13.1 Å². The minimum Gasteiger partial charge on any atom is -0.379 e. The van der Waals surface area contributed by atoms with Gasteiger partial charge in [-0.3, -0.25) is 9.69 Å². The number of morpholine rings is 1. The van der Waals surface area contributed by atoms with Crippen LogP contribution in [0.5, 0.6) is 0 Å². The van der Waals surface area contributed by atoms with Crippen LogP contribution in [0.15, 0.2) is 46.7 Å². The number of amides is 1. The maximum absolute atomic E-state index is 12.3. The molecule has 158 valence electrons. The quantitative estimate of drug-likeness (QED) is 0.603. The third-order valence-corrected chi connectivity index (χ3v) is 7.32. The van der Waals surface area contributed by atoms with Crippen LogP contribution in [0.25, 0.3) is 0 Å². The highest BCUT2D eigenvalue weighted by Crippen LogP contribution is 2.25. The number of benzene rings is 1. The Bertz CT molecular complexity index is 883. The van der Waals surface area contributed by atoms with Crippen molar-refractivity contribution in [2.75, 3.05) is 39.4 Å². The molecule has 0 saturated carbocycles. The topological polar surface area (TPSA) is 87.7 Å². The van der Waals surface area contributed by atoms with Crippen LogP contribution in [0.2, 0.25) is 5.02 Å². The van der Waals surface area contributed by atoms with Gasteiger partial charge in [0.05, 0.1) is 24.2 Å². The van der Waals surface area contributed by atoms with E-state index in [1.807, 2.05) is 11.4 Å². The highest BCUT2D eigenvalue weighted by Gasteiger charge is 2.24. The van der Waals surface area contributed by atoms with Crippen molar-refractivity contribution in [2.45, 2.75) is 17.4 Å². The van der Waals surface area contributed by atoms with Crippen molar-refractivity contribution in [1.82, 2.24) is 14.9 Å². The fourth-order valence-electron chi connectivity index (χ4n) is 3.07. The first-order chi connectivity index (χ1) is 14.0. The normalized spacial score (nSPS) is 16.4. The Labute approximate surface area is 180 Å². The van der Waals surface area contributed by atoms with E-state index in [4.69, 9.17) is 16.3 Å². The number of thiophene rings is 1. The van der Waals surface area contributed by atoms with Crippen LogP contribution in [0.1, 0.15) is 17.3 Å². The van der Waals surface area contributed by atoms with Crippen molar-refractivity contribution in [3.8, 4) is 0 Å². The molecular formula is C19H24ClN3O4S2. The summed E-state index contributed by atoms with van der Waals surface area (Å²) in [6.07, 6.45) is 0.0626. The average Bonchev–Trinajstić information content (AvgIpc) is 3.24. The summed E-state index contributed by atoms with van der Waals surface area (Å²) in [6.45, 7) is 3.50. The number of hydrogen-bond donors (Lipinski definition) is 2. The molecule has 29 heavy (non-hydrogen) atoms. The molecule has 2 heterocycles. The van der Waals surface area contributed by atoms with E-state index < -0.39 is 10.0 Å². The zero-order valence-corrected chi connectivity index (χ0v) is 18.2. The van der Waals surface area contributed by atoms with E-state index in [1.165, 1.54) is 29.1 Å². The molecular weight excluding hydrogens is 434 g/mol. The van der Waals surface area contributed by atoms with E-state index in [-0.39, 0.29) is 29.8 Å². The second-order valence-corrected chi connectivity index (χ2v) is 9.77. The average molecular weight is 458 g/mol. The lowest BCUT2D eigenvalue weighted by Gasteiger charge is -2.34. The Balaban J connectivity index is 1.48. The molecule has 2 N–H and O–H groups in total. The van der Waals surface area contributed by atoms with Gasteiger partial charge < -0.3 is 10.1 Å². The van der Waals surface area contributed by atoms with Crippen molar-refractivity contribution in [1.29, 1.82) is 0 Å². The Morgan fingerprint density at radius 1 is 1.21 bits per heavy atom. The van der Waals surface area contributed by atoms with Gasteiger partial charge in [0.2, 0.25) is 15.9 Å². The summed E-state index contributed by atoms with van der Waals surface area (Å²) < 4.78 is 32.4. The molecule has 10 heteroatoms. The van der Waals surface area contributed by atoms with Crippen LogP contribution in [0.3, 0.4) is 0 Å². The first-order valence-electron chi connectivity index (χ1n) is 9.33. The van der Waals surface area contributed by atoms with Crippen molar-refractivity contribution in [3.63, 3.8) is 0 Å². The third kappa shape index (κ3) is 6.50. The molecule has 1 aromatic carbocycles. The lowest BCUT2D eigenvalue weighted by Crippen LogP contribution is -2.43. The second kappa shape index (κ2) is 10.5. The van der Waals surface area contributed by atoms with Crippen LogP contribution in [0, 0.1) is 0 Å². The van der Waals surface area contributed by atoms with Gasteiger partial charge >= 0.3 is 0 Å². The molecule has 0 unspecified atom stereocenters. The number of sulfonamides is 1. The summed E-state index contributed by atoms with van der Waals surface area (Å²) in [5.74, 6) is -0.196. The molecule has 1 aliphatic rings. The number of ether oxygens (including phenoxy) is 1. The molecule has 0 bridgehead atoms. The Morgan fingerprint density at radius 2 is 1.93 bits per heavy atom. The van der Waals surface area contributed by atoms with Crippen LogP contribution >= 0.6 is 22.9 Å². The minimum atomic E-state index is -3.67. The smallest absolute Gasteiger partial charge is 0.240 e. The van der Waals surface area contributed by atoms with Crippen molar-refractivity contribution < 1.29 is 17.9 Å². The Hall–Kier alpha value is -1.49. The molecule has 7 nitrogen and oxygen atoms in total. The number of halogens is 1. The number of hydrogen-bond acceptors (Lipinski definition) is 6. The summed E-state index contributed by atoms with van der Waals surface area (Å²) >= 11 is 7.44. The highest BCUT2D eigenvalue weighted by atomic mass is 35.5. The standard InChI is InChI=1S/C19H24ClN3O4S2/c20-15-3-5-16(6-4-15)29(25,26)22-8-7-19(24)21-14-17(18-2-1-13-28-18)23-9-11-27-12-10-23/h1-6,13,17,22H,7-12,14H2,(H,21,24)/t17-/m0/s1. The predicted molar refractivity (Wildman–Crippen MR) is 114 cm³/mol. The molecule has 1 saturated heterocycles. The van der Waals surface area contributed by atoms with Gasteiger partial charge in [-0.15, -0.1) is 11.3 Å². The molecule has 1 fully saturated rings. The van der Waals surface area contributed by atoms with E-state index in [2.05, 4.69) is 21.0 Å². The summed E-state index contributed by atoms with van der Waals surface area (Å²) in [6, 6.07) is 10.0. The summed E-state index contributed by atoms with van der Waals surface area (Å²) in [5, 5.41) is 5.42. The van der Waals surface area contributed by atoms with E-state index in [0.29, 0.717) is 24.8 Å². The third-order valence-electron chi connectivity index (χ3n) is 4.62. The monoisotopic (exact) mass is 457 g/mol. The van der Waals surface area contributed by atoms with Crippen molar-refractivity contribution >= 4 is 38.9 Å². The number of rotatable bonds is 9. The largest absolute Gasteiger partial charge is 0.379 e. The SMILES string of the molecule is O=C(CCNS(=O)(=O)c1ccc(Cl)cc1)NC[C@@H](c1cccs1)N1CCOCC1. The lowest BCUT2D eigenvalue weighted by atomic mass is 10.2. The van der Waals surface area contributed by atoms with Gasteiger partial charge in [0.15, 0.2) is 0 Å². The summed E-state index contributed by atoms with van der Waals surface area (Å²) in [5.41, 5.74) is 0. The summed E-state index contributed by atoms with van der Waals surface area (Å²) in [4.78, 5) is 15.9. The van der Waals surface area contributed by atoms with E-state index >= 15 is 0 Å². The number of carbonyl (C=O) groups is 1. The fourth-order valence-corrected chi connectivity index (χ4v) is 5.09. The van der Waals surface area contributed by atoms with E-state index in [9.17, 15) is 13.2 Å². The molecule has 1 aromatic heterocycles. The van der Waals surface area contributed by atoms with Gasteiger partial charge in [0, 0.05) is 42.5 Å². The first-order valence-corrected chi connectivity index (χ1v) is 12.1. The minimum absolute atomic E-state index is 0.0258. The van der Waals surface area contributed by atoms with Gasteiger partial charge in [0.1, 0.15) is 0 Å². The molecule has 0 aliphatic carbocycles. The van der Waals surface area contributed by atoms with Gasteiger partial charge in [0.25, 0.3) is 0 Å². The Morgan fingerprint density at radius 3 is 2.59 bits per heavy atom. The van der Waals surface area contributed by atoms with Crippen molar-refractivity contribution in [2.24, 2.45) is 0 Å². The maximum Gasteiger partial charge on any atom is 0.240 e. The predicted octanol–water partition coefficient (Wildman–Crippen LogP) is 2.26. The molecule has 1 atom stereocenters. The van der Waals surface area contributed by atoms with Gasteiger partial charge in [-0.05, 0) is 35.7 Å². The second-order valence-electron chi connectivity index (χ2n) is 6.59. The van der Waals surface area contributed by atoms with Crippen molar-refractivity contribution in [3.05, 3.63) is 51.7 Å². The first kappa shape index (κ1) is 22.2.